The summed E-state index contributed by atoms with van der Waals surface area (Å²) in [6.07, 6.45) is 6.65. The van der Waals surface area contributed by atoms with E-state index in [0.717, 1.165) is 5.69 Å². The van der Waals surface area contributed by atoms with Gasteiger partial charge in [-0.05, 0) is 130 Å². The maximum Gasteiger partial charge on any atom is 0.0641 e. The molecule has 3 nitrogen and oxygen atoms in total. The Morgan fingerprint density at radius 3 is 1.34 bits per heavy atom. The number of hydrogen-bond donors (Lipinski definition) is 0. The summed E-state index contributed by atoms with van der Waals surface area (Å²) in [6.45, 7) is 6.51. The predicted octanol–water partition coefficient (Wildman–Crippen LogP) is 19.4. The van der Waals surface area contributed by atoms with E-state index in [2.05, 4.69) is 289 Å². The van der Waals surface area contributed by atoms with Crippen molar-refractivity contribution in [2.75, 3.05) is 0 Å². The summed E-state index contributed by atoms with van der Waals surface area (Å²) in [5.41, 5.74) is 16.2. The van der Waals surface area contributed by atoms with Crippen LogP contribution in [0.3, 0.4) is 0 Å². The molecule has 0 aliphatic heterocycles. The molecule has 0 aliphatic rings. The summed E-state index contributed by atoms with van der Waals surface area (Å²) < 4.78 is 7.31. The number of nitrogens with zero attached hydrogens (tertiary/aromatic N) is 3. The summed E-state index contributed by atoms with van der Waals surface area (Å²) in [6, 6.07) is 85.9. The first-order valence-electron chi connectivity index (χ1n) is 25.7. The molecule has 3 aromatic heterocycles. The lowest BCUT2D eigenvalue weighted by Crippen LogP contribution is -1.96. The first-order valence-corrected chi connectivity index (χ1v) is 25.7. The van der Waals surface area contributed by atoms with Crippen molar-refractivity contribution in [3.63, 3.8) is 0 Å². The molecule has 0 radical (unpaired) electrons. The van der Waals surface area contributed by atoms with Gasteiger partial charge in [0.15, 0.2) is 0 Å². The van der Waals surface area contributed by atoms with E-state index in [1.807, 2.05) is 0 Å². The van der Waals surface area contributed by atoms with Crippen molar-refractivity contribution < 1.29 is 0 Å². The fraction of sp³-hybridized carbons (Fsp3) is 0.0423. The molecule has 15 rings (SSSR count). The molecule has 0 saturated carbocycles. The lowest BCUT2D eigenvalue weighted by atomic mass is 9.93. The molecule has 0 spiro atoms. The van der Waals surface area contributed by atoms with Gasteiger partial charge >= 0.3 is 0 Å². The largest absolute Gasteiger partial charge is 0.316 e. The molecule has 0 atom stereocenters. The normalized spacial score (nSPS) is 11.9. The average molecular weight is 946 g/mol. The van der Waals surface area contributed by atoms with E-state index in [-0.39, 0.29) is 0 Å². The molecule has 74 heavy (non-hydrogen) atoms. The monoisotopic (exact) mass is 945 g/mol. The first kappa shape index (κ1) is 43.4. The number of para-hydroxylation sites is 2. The lowest BCUT2D eigenvalue weighted by Gasteiger charge is -2.13. The van der Waals surface area contributed by atoms with Gasteiger partial charge in [0.1, 0.15) is 0 Å². The Morgan fingerprint density at radius 1 is 0.324 bits per heavy atom. The van der Waals surface area contributed by atoms with Crippen molar-refractivity contribution in [3.05, 3.63) is 266 Å². The van der Waals surface area contributed by atoms with Crippen LogP contribution in [-0.2, 0) is 0 Å². The number of aryl methyl sites for hydroxylation is 2. The third-order valence-corrected chi connectivity index (χ3v) is 15.5. The van der Waals surface area contributed by atoms with Gasteiger partial charge in [-0.3, -0.25) is 0 Å². The maximum absolute atomic E-state index is 2.47. The highest BCUT2D eigenvalue weighted by atomic mass is 15.0. The summed E-state index contributed by atoms with van der Waals surface area (Å²) in [5.74, 6) is 0. The van der Waals surface area contributed by atoms with Crippen molar-refractivity contribution >= 4 is 104 Å². The van der Waals surface area contributed by atoms with Crippen LogP contribution in [0, 0.1) is 13.8 Å². The molecule has 0 N–H and O–H groups in total. The van der Waals surface area contributed by atoms with Gasteiger partial charge in [0.25, 0.3) is 0 Å². The van der Waals surface area contributed by atoms with Gasteiger partial charge in [-0.25, -0.2) is 0 Å². The number of hydrogen-bond acceptors (Lipinski definition) is 0. The van der Waals surface area contributed by atoms with Gasteiger partial charge in [-0.15, -0.1) is 0 Å². The molecule has 350 valence electrons. The zero-order valence-electron chi connectivity index (χ0n) is 41.6. The van der Waals surface area contributed by atoms with E-state index in [9.17, 15) is 0 Å². The quantitative estimate of drug-likeness (QED) is 0.163. The number of benzene rings is 12. The summed E-state index contributed by atoms with van der Waals surface area (Å²) >= 11 is 0. The summed E-state index contributed by atoms with van der Waals surface area (Å²) in [4.78, 5) is 0. The standard InChI is InChI=1S/C41H28N2.C30H23N/c1-27-15-17-28(18-16-27)29-19-22-31(23-20-29)42-26-25-36-34-13-7-8-14-35(34)41-39(40(36)42)38-33-12-6-5-9-30(33)21-24-37(38)43(41)32-10-3-2-4-11-32;1-3-11-23-20(2)28-29-24-15-8-7-12-21(24)18-19-27(29)31(22-13-5-4-6-14-22)30(28)26-17-10-9-16-25(23)26/h2-26H,1H3;3-19H,1-2H3/b;11-3-. The Kier molecular flexibility index (Phi) is 10.2. The molecule has 15 aromatic rings. The number of aromatic nitrogens is 3. The minimum absolute atomic E-state index is 1.16. The van der Waals surface area contributed by atoms with Gasteiger partial charge in [0.2, 0.25) is 0 Å². The molecule has 0 bridgehead atoms. The molecule has 0 amide bonds. The predicted molar refractivity (Wildman–Crippen MR) is 318 cm³/mol. The maximum atomic E-state index is 2.47. The van der Waals surface area contributed by atoms with E-state index < -0.39 is 0 Å². The van der Waals surface area contributed by atoms with Crippen LogP contribution in [0.15, 0.2) is 249 Å². The second-order valence-electron chi connectivity index (χ2n) is 19.6. The van der Waals surface area contributed by atoms with E-state index in [1.54, 1.807) is 0 Å². The van der Waals surface area contributed by atoms with Gasteiger partial charge in [0.05, 0.1) is 27.6 Å². The van der Waals surface area contributed by atoms with Crippen molar-refractivity contribution in [2.24, 2.45) is 0 Å². The van der Waals surface area contributed by atoms with Crippen LogP contribution in [0.4, 0.5) is 0 Å². The molecular formula is C71H51N3. The smallest absolute Gasteiger partial charge is 0.0641 e. The molecule has 0 unspecified atom stereocenters. The third kappa shape index (κ3) is 6.67. The third-order valence-electron chi connectivity index (χ3n) is 15.5. The van der Waals surface area contributed by atoms with Gasteiger partial charge in [0, 0.05) is 61.0 Å². The van der Waals surface area contributed by atoms with E-state index in [0.29, 0.717) is 0 Å². The fourth-order valence-electron chi connectivity index (χ4n) is 12.2. The van der Waals surface area contributed by atoms with Gasteiger partial charge in [-0.1, -0.05) is 200 Å². The molecule has 0 fully saturated rings. The van der Waals surface area contributed by atoms with Crippen molar-refractivity contribution in [1.29, 1.82) is 0 Å². The SMILES string of the molecule is C/C=C\c1c(C)c2c3c4ccccc4ccc3n(-c3ccccc3)c2c2ccccc12.Cc1ccc(-c2ccc(-n3ccc4c5ccccc5c5c(c6c7ccccc7ccc6n5-c5ccccc5)c43)cc2)cc1. The highest BCUT2D eigenvalue weighted by Crippen LogP contribution is 2.47. The van der Waals surface area contributed by atoms with E-state index in [1.165, 1.54) is 137 Å². The van der Waals surface area contributed by atoms with Crippen LogP contribution in [0.1, 0.15) is 23.6 Å². The zero-order valence-corrected chi connectivity index (χ0v) is 41.6. The molecule has 12 aromatic carbocycles. The second-order valence-corrected chi connectivity index (χ2v) is 19.6. The van der Waals surface area contributed by atoms with Crippen LogP contribution in [0.5, 0.6) is 0 Å². The van der Waals surface area contributed by atoms with Crippen molar-refractivity contribution in [1.82, 2.24) is 13.7 Å². The molecular weight excluding hydrogens is 895 g/mol. The molecule has 0 saturated heterocycles. The van der Waals surface area contributed by atoms with Crippen molar-refractivity contribution in [3.8, 4) is 28.2 Å². The molecule has 3 heterocycles. The Balaban J connectivity index is 0.000000144. The lowest BCUT2D eigenvalue weighted by molar-refractivity contribution is 1.13. The Morgan fingerprint density at radius 2 is 0.770 bits per heavy atom. The molecule has 0 aliphatic carbocycles. The number of allylic oxidation sites excluding steroid dienone is 1. The summed E-state index contributed by atoms with van der Waals surface area (Å²) in [7, 11) is 0. The topological polar surface area (TPSA) is 14.8 Å². The second kappa shape index (κ2) is 17.4. The van der Waals surface area contributed by atoms with Crippen LogP contribution >= 0.6 is 0 Å². The van der Waals surface area contributed by atoms with Crippen LogP contribution in [0.2, 0.25) is 0 Å². The number of rotatable bonds is 5. The van der Waals surface area contributed by atoms with Crippen LogP contribution in [0.25, 0.3) is 132 Å². The van der Waals surface area contributed by atoms with Gasteiger partial charge in [-0.2, -0.15) is 0 Å². The summed E-state index contributed by atoms with van der Waals surface area (Å²) in [5, 5.41) is 16.8. The Bertz CT molecular complexity index is 4700. The van der Waals surface area contributed by atoms with Crippen LogP contribution in [-0.4, -0.2) is 13.7 Å². The van der Waals surface area contributed by atoms with Gasteiger partial charge < -0.3 is 13.7 Å². The average Bonchev–Trinajstić information content (AvgIpc) is 4.28. The Hall–Kier alpha value is -9.44. The minimum atomic E-state index is 1.16. The van der Waals surface area contributed by atoms with E-state index >= 15 is 0 Å². The highest BCUT2D eigenvalue weighted by molar-refractivity contribution is 6.35. The van der Waals surface area contributed by atoms with Crippen LogP contribution < -0.4 is 0 Å². The Labute approximate surface area is 429 Å². The number of fused-ring (bicyclic) bond motifs is 17. The highest BCUT2D eigenvalue weighted by Gasteiger charge is 2.24. The van der Waals surface area contributed by atoms with E-state index in [4.69, 9.17) is 0 Å². The molecule has 3 heteroatoms. The zero-order chi connectivity index (χ0) is 49.4. The first-order chi connectivity index (χ1) is 36.6. The fourth-order valence-corrected chi connectivity index (χ4v) is 12.2. The van der Waals surface area contributed by atoms with Crippen molar-refractivity contribution in [2.45, 2.75) is 20.8 Å². The minimum Gasteiger partial charge on any atom is -0.316 e.